The van der Waals surface area contributed by atoms with E-state index in [2.05, 4.69) is 4.98 Å². The molecule has 0 unspecified atom stereocenters. The van der Waals surface area contributed by atoms with E-state index in [-0.39, 0.29) is 24.7 Å². The Morgan fingerprint density at radius 3 is 2.76 bits per heavy atom. The van der Waals surface area contributed by atoms with Crippen molar-refractivity contribution in [2.45, 2.75) is 12.1 Å². The van der Waals surface area contributed by atoms with Gasteiger partial charge in [-0.1, -0.05) is 36.4 Å². The Morgan fingerprint density at radius 1 is 1.24 bits per heavy atom. The van der Waals surface area contributed by atoms with E-state index < -0.39 is 0 Å². The van der Waals surface area contributed by atoms with Crippen LogP contribution in [0.5, 0.6) is 5.88 Å². The van der Waals surface area contributed by atoms with Crippen molar-refractivity contribution in [2.75, 3.05) is 33.5 Å². The number of morpholine rings is 1. The number of aromatic nitrogens is 1. The Balaban J connectivity index is 1.80. The second kappa shape index (κ2) is 8.60. The van der Waals surface area contributed by atoms with Gasteiger partial charge in [-0.2, -0.15) is 0 Å². The maximum atomic E-state index is 12.5. The predicted octanol–water partition coefficient (Wildman–Crippen LogP) is 2.08. The van der Waals surface area contributed by atoms with Gasteiger partial charge in [-0.05, 0) is 11.6 Å². The maximum Gasteiger partial charge on any atom is 0.249 e. The van der Waals surface area contributed by atoms with Crippen LogP contribution in [-0.2, 0) is 14.3 Å². The predicted molar refractivity (Wildman–Crippen MR) is 92.2 cm³/mol. The molecule has 1 amide bonds. The second-order valence-electron chi connectivity index (χ2n) is 5.76. The minimum Gasteiger partial charge on any atom is -0.475 e. The molecule has 0 N–H and O–H groups in total. The standard InChI is InChI=1S/C19H22N2O4/c1-23-14-18(22)21-11-12-24-16(13-25-17-9-5-6-10-20-17)19(21)15-7-3-2-4-8-15/h2-10,16,19H,11-14H2,1H3/t16-,19-/m0/s1. The number of pyridine rings is 1. The Hall–Kier alpha value is -2.44. The molecule has 1 aromatic heterocycles. The molecular formula is C19H22N2O4. The molecule has 0 saturated carbocycles. The molecular weight excluding hydrogens is 320 g/mol. The minimum atomic E-state index is -0.279. The quantitative estimate of drug-likeness (QED) is 0.804. The summed E-state index contributed by atoms with van der Waals surface area (Å²) in [7, 11) is 1.53. The molecule has 25 heavy (non-hydrogen) atoms. The number of hydrogen-bond donors (Lipinski definition) is 0. The zero-order chi connectivity index (χ0) is 17.5. The van der Waals surface area contributed by atoms with Gasteiger partial charge in [0.2, 0.25) is 11.8 Å². The lowest BCUT2D eigenvalue weighted by Gasteiger charge is -2.41. The molecule has 0 bridgehead atoms. The van der Waals surface area contributed by atoms with Crippen molar-refractivity contribution in [3.05, 3.63) is 60.3 Å². The Morgan fingerprint density at radius 2 is 2.04 bits per heavy atom. The van der Waals surface area contributed by atoms with Crippen LogP contribution in [0.25, 0.3) is 0 Å². The number of nitrogens with zero attached hydrogens (tertiary/aromatic N) is 2. The van der Waals surface area contributed by atoms with Crippen molar-refractivity contribution < 1.29 is 19.0 Å². The normalized spacial score (nSPS) is 20.3. The van der Waals surface area contributed by atoms with Gasteiger partial charge in [0, 0.05) is 25.9 Å². The molecule has 6 nitrogen and oxygen atoms in total. The molecule has 2 atom stereocenters. The van der Waals surface area contributed by atoms with Gasteiger partial charge in [-0.25, -0.2) is 4.98 Å². The molecule has 1 saturated heterocycles. The van der Waals surface area contributed by atoms with E-state index in [1.165, 1.54) is 7.11 Å². The number of rotatable bonds is 6. The second-order valence-corrected chi connectivity index (χ2v) is 5.76. The van der Waals surface area contributed by atoms with E-state index in [1.807, 2.05) is 47.4 Å². The minimum absolute atomic E-state index is 0.0527. The Labute approximate surface area is 147 Å². The Kier molecular flexibility index (Phi) is 5.98. The molecule has 132 valence electrons. The van der Waals surface area contributed by atoms with Crippen molar-refractivity contribution in [2.24, 2.45) is 0 Å². The van der Waals surface area contributed by atoms with Crippen molar-refractivity contribution in [1.82, 2.24) is 9.88 Å². The molecule has 1 aromatic carbocycles. The van der Waals surface area contributed by atoms with E-state index in [4.69, 9.17) is 14.2 Å². The van der Waals surface area contributed by atoms with Crippen LogP contribution < -0.4 is 4.74 Å². The Bertz CT molecular complexity index is 666. The molecule has 0 aliphatic carbocycles. The molecule has 0 radical (unpaired) electrons. The lowest BCUT2D eigenvalue weighted by Crippen LogP contribution is -2.51. The molecule has 2 heterocycles. The third-order valence-corrected chi connectivity index (χ3v) is 4.11. The maximum absolute atomic E-state index is 12.5. The monoisotopic (exact) mass is 342 g/mol. The topological polar surface area (TPSA) is 60.9 Å². The first-order valence-corrected chi connectivity index (χ1v) is 8.28. The van der Waals surface area contributed by atoms with Crippen LogP contribution in [0.15, 0.2) is 54.7 Å². The number of ether oxygens (including phenoxy) is 3. The number of methoxy groups -OCH3 is 1. The van der Waals surface area contributed by atoms with E-state index in [0.717, 1.165) is 5.56 Å². The van der Waals surface area contributed by atoms with Crippen LogP contribution in [-0.4, -0.2) is 55.4 Å². The van der Waals surface area contributed by atoms with Gasteiger partial charge in [0.1, 0.15) is 19.3 Å². The number of carbonyl (C=O) groups is 1. The van der Waals surface area contributed by atoms with Gasteiger partial charge in [0.15, 0.2) is 0 Å². The van der Waals surface area contributed by atoms with E-state index in [0.29, 0.717) is 25.6 Å². The molecule has 1 fully saturated rings. The summed E-state index contributed by atoms with van der Waals surface area (Å²) in [5.74, 6) is 0.487. The average molecular weight is 342 g/mol. The first kappa shape index (κ1) is 17.4. The van der Waals surface area contributed by atoms with Gasteiger partial charge >= 0.3 is 0 Å². The number of amides is 1. The van der Waals surface area contributed by atoms with Crippen molar-refractivity contribution in [3.63, 3.8) is 0 Å². The zero-order valence-corrected chi connectivity index (χ0v) is 14.2. The summed E-state index contributed by atoms with van der Waals surface area (Å²) in [5.41, 5.74) is 1.02. The van der Waals surface area contributed by atoms with Gasteiger partial charge in [0.05, 0.1) is 12.6 Å². The number of hydrogen-bond acceptors (Lipinski definition) is 5. The third kappa shape index (κ3) is 4.35. The van der Waals surface area contributed by atoms with Crippen LogP contribution >= 0.6 is 0 Å². The molecule has 2 aromatic rings. The summed E-state index contributed by atoms with van der Waals surface area (Å²) < 4.78 is 16.8. The first-order chi connectivity index (χ1) is 12.3. The number of carbonyl (C=O) groups excluding carboxylic acids is 1. The smallest absolute Gasteiger partial charge is 0.249 e. The first-order valence-electron chi connectivity index (χ1n) is 8.28. The van der Waals surface area contributed by atoms with Gasteiger partial charge < -0.3 is 19.1 Å². The van der Waals surface area contributed by atoms with Crippen LogP contribution in [0, 0.1) is 0 Å². The van der Waals surface area contributed by atoms with E-state index in [1.54, 1.807) is 12.3 Å². The fraction of sp³-hybridized carbons (Fsp3) is 0.368. The fourth-order valence-corrected chi connectivity index (χ4v) is 3.00. The SMILES string of the molecule is COCC(=O)N1CCO[C@@H](COc2ccccn2)[C@@H]1c1ccccc1. The molecule has 0 spiro atoms. The van der Waals surface area contributed by atoms with Crippen LogP contribution in [0.4, 0.5) is 0 Å². The van der Waals surface area contributed by atoms with Crippen molar-refractivity contribution in [1.29, 1.82) is 0 Å². The summed E-state index contributed by atoms with van der Waals surface area (Å²) in [5, 5.41) is 0. The van der Waals surface area contributed by atoms with Gasteiger partial charge in [0.25, 0.3) is 0 Å². The molecule has 6 heteroatoms. The number of benzene rings is 1. The summed E-state index contributed by atoms with van der Waals surface area (Å²) in [6.45, 7) is 1.36. The summed E-state index contributed by atoms with van der Waals surface area (Å²) >= 11 is 0. The summed E-state index contributed by atoms with van der Waals surface area (Å²) in [6, 6.07) is 15.2. The lowest BCUT2D eigenvalue weighted by atomic mass is 9.98. The zero-order valence-electron chi connectivity index (χ0n) is 14.2. The van der Waals surface area contributed by atoms with E-state index in [9.17, 15) is 4.79 Å². The largest absolute Gasteiger partial charge is 0.475 e. The van der Waals surface area contributed by atoms with Crippen molar-refractivity contribution >= 4 is 5.91 Å². The van der Waals surface area contributed by atoms with Crippen LogP contribution in [0.2, 0.25) is 0 Å². The van der Waals surface area contributed by atoms with Gasteiger partial charge in [-0.15, -0.1) is 0 Å². The van der Waals surface area contributed by atoms with Gasteiger partial charge in [-0.3, -0.25) is 4.79 Å². The highest BCUT2D eigenvalue weighted by molar-refractivity contribution is 5.78. The highest BCUT2D eigenvalue weighted by Crippen LogP contribution is 2.30. The molecule has 1 aliphatic rings. The van der Waals surface area contributed by atoms with Crippen LogP contribution in [0.1, 0.15) is 11.6 Å². The van der Waals surface area contributed by atoms with E-state index >= 15 is 0 Å². The lowest BCUT2D eigenvalue weighted by molar-refractivity contribution is -0.153. The summed E-state index contributed by atoms with van der Waals surface area (Å²) in [6.07, 6.45) is 1.40. The fourth-order valence-electron chi connectivity index (χ4n) is 3.00. The average Bonchev–Trinajstić information content (AvgIpc) is 2.67. The molecule has 1 aliphatic heterocycles. The van der Waals surface area contributed by atoms with Crippen LogP contribution in [0.3, 0.4) is 0 Å². The van der Waals surface area contributed by atoms with Crippen molar-refractivity contribution in [3.8, 4) is 5.88 Å². The highest BCUT2D eigenvalue weighted by atomic mass is 16.5. The third-order valence-electron chi connectivity index (χ3n) is 4.11. The summed E-state index contributed by atoms with van der Waals surface area (Å²) in [4.78, 5) is 18.5. The molecule has 3 rings (SSSR count). The highest BCUT2D eigenvalue weighted by Gasteiger charge is 2.36.